The molecule has 0 saturated carbocycles. The molecule has 9 heteroatoms. The van der Waals surface area contributed by atoms with E-state index in [9.17, 15) is 4.79 Å². The molecule has 0 radical (unpaired) electrons. The smallest absolute Gasteiger partial charge is 0.226 e. The number of nitrogens with one attached hydrogen (secondary N) is 3. The third-order valence-corrected chi connectivity index (χ3v) is 4.52. The molecule has 0 bridgehead atoms. The van der Waals surface area contributed by atoms with Crippen LogP contribution in [0.4, 0.5) is 5.69 Å². The van der Waals surface area contributed by atoms with Crippen LogP contribution >= 0.6 is 35.6 Å². The molecule has 1 amide bonds. The van der Waals surface area contributed by atoms with Gasteiger partial charge in [0.05, 0.1) is 24.9 Å². The van der Waals surface area contributed by atoms with Crippen LogP contribution < -0.4 is 25.4 Å². The first-order chi connectivity index (χ1) is 14.0. The van der Waals surface area contributed by atoms with Gasteiger partial charge in [0.2, 0.25) is 5.91 Å². The normalized spacial score (nSPS) is 10.6. The number of aryl methyl sites for hydroxylation is 1. The first kappa shape index (κ1) is 25.8. The van der Waals surface area contributed by atoms with Gasteiger partial charge in [-0.1, -0.05) is 17.7 Å². The second-order valence-corrected chi connectivity index (χ2v) is 6.72. The zero-order chi connectivity index (χ0) is 21.2. The predicted octanol–water partition coefficient (Wildman–Crippen LogP) is 3.98. The molecule has 0 aliphatic carbocycles. The van der Waals surface area contributed by atoms with Gasteiger partial charge in [0, 0.05) is 38.2 Å². The Morgan fingerprint density at radius 2 is 1.87 bits per heavy atom. The van der Waals surface area contributed by atoms with E-state index < -0.39 is 0 Å². The van der Waals surface area contributed by atoms with Crippen LogP contribution in [0.1, 0.15) is 17.5 Å². The molecule has 3 N–H and O–H groups in total. The van der Waals surface area contributed by atoms with Crippen molar-refractivity contribution >= 4 is 53.1 Å². The van der Waals surface area contributed by atoms with Gasteiger partial charge < -0.3 is 25.4 Å². The SMILES string of the molecule is CN=C(NCCC(=O)Nc1ccc(C)cc1Cl)NCc1ccc(OC)cc1OC.I. The summed E-state index contributed by atoms with van der Waals surface area (Å²) in [6.45, 7) is 2.88. The maximum Gasteiger partial charge on any atom is 0.226 e. The lowest BCUT2D eigenvalue weighted by Crippen LogP contribution is -2.38. The van der Waals surface area contributed by atoms with Crippen molar-refractivity contribution in [1.82, 2.24) is 10.6 Å². The van der Waals surface area contributed by atoms with Crippen LogP contribution in [-0.2, 0) is 11.3 Å². The minimum absolute atomic E-state index is 0. The number of guanidine groups is 1. The fourth-order valence-corrected chi connectivity index (χ4v) is 2.91. The number of carbonyl (C=O) groups excluding carboxylic acids is 1. The Kier molecular flexibility index (Phi) is 11.3. The molecular formula is C21H28ClIN4O3. The third-order valence-electron chi connectivity index (χ3n) is 4.21. The lowest BCUT2D eigenvalue weighted by atomic mass is 10.2. The van der Waals surface area contributed by atoms with Crippen LogP contribution in [0, 0.1) is 6.92 Å². The fraction of sp³-hybridized carbons (Fsp3) is 0.333. The van der Waals surface area contributed by atoms with Gasteiger partial charge in [-0.05, 0) is 36.8 Å². The largest absolute Gasteiger partial charge is 0.497 e. The highest BCUT2D eigenvalue weighted by Gasteiger charge is 2.08. The molecule has 0 aliphatic heterocycles. The highest BCUT2D eigenvalue weighted by Crippen LogP contribution is 2.24. The van der Waals surface area contributed by atoms with E-state index in [-0.39, 0.29) is 36.3 Å². The molecule has 2 aromatic rings. The Balaban J connectivity index is 0.00000450. The number of benzene rings is 2. The van der Waals surface area contributed by atoms with Gasteiger partial charge in [0.25, 0.3) is 0 Å². The van der Waals surface area contributed by atoms with Crippen molar-refractivity contribution in [2.24, 2.45) is 4.99 Å². The van der Waals surface area contributed by atoms with Crippen molar-refractivity contribution < 1.29 is 14.3 Å². The number of hydrogen-bond acceptors (Lipinski definition) is 4. The second kappa shape index (κ2) is 13.2. The summed E-state index contributed by atoms with van der Waals surface area (Å²) in [6.07, 6.45) is 0.275. The standard InChI is InChI=1S/C21H27ClN4O3.HI/c1-14-5-8-18(17(22)11-14)26-20(27)9-10-24-21(23-2)25-13-15-6-7-16(28-3)12-19(15)29-4;/h5-8,11-12H,9-10,13H2,1-4H3,(H,26,27)(H2,23,24,25);1H. The van der Waals surface area contributed by atoms with E-state index >= 15 is 0 Å². The summed E-state index contributed by atoms with van der Waals surface area (Å²) in [6, 6.07) is 11.1. The van der Waals surface area contributed by atoms with E-state index in [1.165, 1.54) is 0 Å². The number of carbonyl (C=O) groups is 1. The third kappa shape index (κ3) is 7.91. The number of anilines is 1. The fourth-order valence-electron chi connectivity index (χ4n) is 2.63. The van der Waals surface area contributed by atoms with Crippen LogP contribution in [-0.4, -0.2) is 39.7 Å². The van der Waals surface area contributed by atoms with Gasteiger partial charge in [0.15, 0.2) is 5.96 Å². The van der Waals surface area contributed by atoms with Gasteiger partial charge in [-0.3, -0.25) is 9.79 Å². The van der Waals surface area contributed by atoms with Gasteiger partial charge in [-0.25, -0.2) is 0 Å². The summed E-state index contributed by atoms with van der Waals surface area (Å²) in [5, 5.41) is 9.66. The minimum atomic E-state index is -0.129. The summed E-state index contributed by atoms with van der Waals surface area (Å²) in [5.74, 6) is 1.91. The number of hydrogen-bond donors (Lipinski definition) is 3. The lowest BCUT2D eigenvalue weighted by molar-refractivity contribution is -0.116. The molecule has 0 unspecified atom stereocenters. The molecule has 0 aliphatic rings. The number of rotatable bonds is 8. The highest BCUT2D eigenvalue weighted by molar-refractivity contribution is 14.0. The summed E-state index contributed by atoms with van der Waals surface area (Å²) < 4.78 is 10.6. The number of halogens is 2. The van der Waals surface area contributed by atoms with Gasteiger partial charge in [-0.2, -0.15) is 0 Å². The molecule has 30 heavy (non-hydrogen) atoms. The van der Waals surface area contributed by atoms with E-state index in [1.54, 1.807) is 27.3 Å². The average molecular weight is 547 g/mol. The van der Waals surface area contributed by atoms with Crippen molar-refractivity contribution in [3.05, 3.63) is 52.5 Å². The number of amides is 1. The molecular weight excluding hydrogens is 519 g/mol. The number of aliphatic imine (C=N–C) groups is 1. The first-order valence-electron chi connectivity index (χ1n) is 9.18. The predicted molar refractivity (Wildman–Crippen MR) is 133 cm³/mol. The Morgan fingerprint density at radius 1 is 1.10 bits per heavy atom. The van der Waals surface area contributed by atoms with Crippen molar-refractivity contribution in [2.75, 3.05) is 33.1 Å². The van der Waals surface area contributed by atoms with Crippen LogP contribution in [0.2, 0.25) is 5.02 Å². The molecule has 0 heterocycles. The zero-order valence-corrected chi connectivity index (χ0v) is 20.6. The van der Waals surface area contributed by atoms with Gasteiger partial charge >= 0.3 is 0 Å². The van der Waals surface area contributed by atoms with Gasteiger partial charge in [0.1, 0.15) is 11.5 Å². The summed E-state index contributed by atoms with van der Waals surface area (Å²) in [4.78, 5) is 16.3. The van der Waals surface area contributed by atoms with E-state index in [0.29, 0.717) is 29.8 Å². The zero-order valence-electron chi connectivity index (χ0n) is 17.5. The average Bonchev–Trinajstić information content (AvgIpc) is 2.72. The first-order valence-corrected chi connectivity index (χ1v) is 9.56. The molecule has 164 valence electrons. The van der Waals surface area contributed by atoms with Crippen molar-refractivity contribution in [2.45, 2.75) is 19.9 Å². The Hall–Kier alpha value is -2.20. The van der Waals surface area contributed by atoms with Crippen LogP contribution in [0.15, 0.2) is 41.4 Å². The molecule has 0 saturated heterocycles. The molecule has 7 nitrogen and oxygen atoms in total. The topological polar surface area (TPSA) is 84.0 Å². The second-order valence-electron chi connectivity index (χ2n) is 6.31. The van der Waals surface area contributed by atoms with Crippen molar-refractivity contribution in [3.8, 4) is 11.5 Å². The Labute approximate surface area is 199 Å². The highest BCUT2D eigenvalue weighted by atomic mass is 127. The Bertz CT molecular complexity index is 877. The van der Waals surface area contributed by atoms with E-state index in [0.717, 1.165) is 22.6 Å². The van der Waals surface area contributed by atoms with Crippen LogP contribution in [0.5, 0.6) is 11.5 Å². The maximum atomic E-state index is 12.1. The minimum Gasteiger partial charge on any atom is -0.497 e. The quantitative estimate of drug-likeness (QED) is 0.265. The van der Waals surface area contributed by atoms with Gasteiger partial charge in [-0.15, -0.1) is 24.0 Å². The molecule has 2 aromatic carbocycles. The lowest BCUT2D eigenvalue weighted by Gasteiger charge is -2.14. The molecule has 0 atom stereocenters. The number of methoxy groups -OCH3 is 2. The number of nitrogens with zero attached hydrogens (tertiary/aromatic N) is 1. The van der Waals surface area contributed by atoms with E-state index in [2.05, 4.69) is 20.9 Å². The number of ether oxygens (including phenoxy) is 2. The van der Waals surface area contributed by atoms with Crippen LogP contribution in [0.3, 0.4) is 0 Å². The van der Waals surface area contributed by atoms with E-state index in [1.807, 2.05) is 37.3 Å². The molecule has 0 spiro atoms. The Morgan fingerprint density at radius 3 is 2.50 bits per heavy atom. The van der Waals surface area contributed by atoms with Crippen LogP contribution in [0.25, 0.3) is 0 Å². The van der Waals surface area contributed by atoms with Crippen molar-refractivity contribution in [1.29, 1.82) is 0 Å². The molecule has 0 aromatic heterocycles. The molecule has 2 rings (SSSR count). The van der Waals surface area contributed by atoms with E-state index in [4.69, 9.17) is 21.1 Å². The maximum absolute atomic E-state index is 12.1. The monoisotopic (exact) mass is 546 g/mol. The summed E-state index contributed by atoms with van der Waals surface area (Å²) in [5.41, 5.74) is 2.61. The summed E-state index contributed by atoms with van der Waals surface area (Å²) in [7, 11) is 4.90. The molecule has 0 fully saturated rings. The summed E-state index contributed by atoms with van der Waals surface area (Å²) >= 11 is 6.15. The van der Waals surface area contributed by atoms with Crippen molar-refractivity contribution in [3.63, 3.8) is 0 Å².